The SMILES string of the molecule is NCc1ccc(Cl)cc1.[Pt]=[c]1n(CC2CC2)ccn1CC1CC1. The first-order valence-electron chi connectivity index (χ1n) is 8.31. The standard InChI is InChI=1S/C11H16N2.C7H8ClN.Pt/c1-2-10(1)7-12-5-6-13(9-12)8-11-3-4-11;8-7-3-1-6(5-9)2-4-7;/h5-6,10-11H,1-4,7-8H2;1-4H,5,9H2;. The van der Waals surface area contributed by atoms with Gasteiger partial charge >= 0.3 is 95.3 Å². The van der Waals surface area contributed by atoms with Gasteiger partial charge in [0.05, 0.1) is 0 Å². The van der Waals surface area contributed by atoms with Crippen molar-refractivity contribution in [1.82, 2.24) is 9.13 Å². The fraction of sp³-hybridized carbons (Fsp3) is 0.500. The second-order valence-corrected chi connectivity index (χ2v) is 8.01. The average Bonchev–Trinajstić information content (AvgIpc) is 3.46. The summed E-state index contributed by atoms with van der Waals surface area (Å²) in [6.45, 7) is 3.07. The van der Waals surface area contributed by atoms with E-state index in [-0.39, 0.29) is 0 Å². The van der Waals surface area contributed by atoms with Gasteiger partial charge in [-0.3, -0.25) is 0 Å². The summed E-state index contributed by atoms with van der Waals surface area (Å²) >= 11 is 8.10. The number of nitrogens with two attached hydrogens (primary N) is 1. The molecule has 2 N–H and O–H groups in total. The summed E-state index contributed by atoms with van der Waals surface area (Å²) in [6, 6.07) is 7.51. The molecule has 0 atom stereocenters. The molecule has 1 heterocycles. The summed E-state index contributed by atoms with van der Waals surface area (Å²) in [5, 5.41) is 0.757. The van der Waals surface area contributed by atoms with Crippen molar-refractivity contribution in [2.24, 2.45) is 17.6 Å². The van der Waals surface area contributed by atoms with Crippen LogP contribution < -0.4 is 5.73 Å². The molecule has 23 heavy (non-hydrogen) atoms. The molecular weight excluding hydrogens is 489 g/mol. The molecule has 0 aliphatic heterocycles. The molecule has 0 bridgehead atoms. The zero-order chi connectivity index (χ0) is 16.2. The van der Waals surface area contributed by atoms with Gasteiger partial charge in [0.1, 0.15) is 0 Å². The van der Waals surface area contributed by atoms with Crippen LogP contribution in [0.1, 0.15) is 31.2 Å². The van der Waals surface area contributed by atoms with Gasteiger partial charge in [-0.2, -0.15) is 0 Å². The van der Waals surface area contributed by atoms with Crippen molar-refractivity contribution in [2.75, 3.05) is 0 Å². The molecule has 0 saturated heterocycles. The fourth-order valence-electron chi connectivity index (χ4n) is 2.48. The molecule has 2 aromatic rings. The van der Waals surface area contributed by atoms with Gasteiger partial charge in [0.2, 0.25) is 0 Å². The summed E-state index contributed by atoms with van der Waals surface area (Å²) in [6.07, 6.45) is 10.3. The number of imidazole rings is 1. The molecule has 1 aromatic carbocycles. The van der Waals surface area contributed by atoms with E-state index in [0.717, 1.165) is 22.4 Å². The third-order valence-electron chi connectivity index (χ3n) is 4.32. The topological polar surface area (TPSA) is 35.9 Å². The maximum atomic E-state index is 5.63. The van der Waals surface area contributed by atoms with Crippen molar-refractivity contribution in [3.63, 3.8) is 0 Å². The molecule has 0 spiro atoms. The van der Waals surface area contributed by atoms with Crippen molar-refractivity contribution >= 4 is 11.6 Å². The normalized spacial score (nSPS) is 16.9. The minimum absolute atomic E-state index is 0.581. The summed E-state index contributed by atoms with van der Waals surface area (Å²) in [5.41, 5.74) is 6.47. The summed E-state index contributed by atoms with van der Waals surface area (Å²) in [4.78, 5) is 0. The predicted octanol–water partition coefficient (Wildman–Crippen LogP) is 3.99. The van der Waals surface area contributed by atoms with E-state index >= 15 is 0 Å². The Kier molecular flexibility index (Phi) is 5.95. The molecule has 0 unspecified atom stereocenters. The molecule has 2 fully saturated rings. The first-order chi connectivity index (χ1) is 11.2. The van der Waals surface area contributed by atoms with Gasteiger partial charge in [0.15, 0.2) is 0 Å². The van der Waals surface area contributed by atoms with E-state index in [9.17, 15) is 0 Å². The van der Waals surface area contributed by atoms with E-state index in [0.29, 0.717) is 6.54 Å². The number of aromatic nitrogens is 2. The van der Waals surface area contributed by atoms with E-state index in [1.165, 1.54) is 42.6 Å². The minimum atomic E-state index is 0.581. The third-order valence-corrected chi connectivity index (χ3v) is 5.87. The van der Waals surface area contributed by atoms with Gasteiger partial charge in [0.25, 0.3) is 0 Å². The van der Waals surface area contributed by atoms with Crippen LogP contribution in [-0.2, 0) is 39.0 Å². The maximum absolute atomic E-state index is 5.63. The molecule has 0 amide bonds. The van der Waals surface area contributed by atoms with E-state index in [1.54, 1.807) is 0 Å². The van der Waals surface area contributed by atoms with Crippen LogP contribution in [0.15, 0.2) is 36.7 Å². The monoisotopic (exact) mass is 512 g/mol. The van der Waals surface area contributed by atoms with Gasteiger partial charge in [-0.25, -0.2) is 0 Å². The van der Waals surface area contributed by atoms with Crippen LogP contribution >= 0.6 is 11.6 Å². The summed E-state index contributed by atoms with van der Waals surface area (Å²) in [5.74, 6) is 1.95. The number of nitrogens with zero attached hydrogens (tertiary/aromatic N) is 2. The number of rotatable bonds is 5. The number of halogens is 1. The van der Waals surface area contributed by atoms with Crippen LogP contribution in [0.4, 0.5) is 0 Å². The van der Waals surface area contributed by atoms with Gasteiger partial charge < -0.3 is 5.73 Å². The second-order valence-electron chi connectivity index (χ2n) is 6.56. The molecule has 2 aliphatic carbocycles. The molecule has 3 nitrogen and oxygen atoms in total. The number of hydrogen-bond acceptors (Lipinski definition) is 1. The Morgan fingerprint density at radius 2 is 1.43 bits per heavy atom. The first-order valence-corrected chi connectivity index (χ1v) is 9.82. The molecule has 0 radical (unpaired) electrons. The zero-order valence-electron chi connectivity index (χ0n) is 13.2. The molecular formula is C18H24ClN3Pt. The van der Waals surface area contributed by atoms with Gasteiger partial charge in [0, 0.05) is 11.6 Å². The van der Waals surface area contributed by atoms with Crippen LogP contribution in [0.2, 0.25) is 5.02 Å². The van der Waals surface area contributed by atoms with E-state index < -0.39 is 0 Å². The molecule has 2 saturated carbocycles. The molecule has 128 valence electrons. The Balaban J connectivity index is 0.000000151. The quantitative estimate of drug-likeness (QED) is 0.646. The Hall–Kier alpha value is -0.632. The number of benzene rings is 1. The summed E-state index contributed by atoms with van der Waals surface area (Å²) < 4.78 is 6.26. The van der Waals surface area contributed by atoms with Gasteiger partial charge in [-0.1, -0.05) is 23.7 Å². The van der Waals surface area contributed by atoms with Crippen molar-refractivity contribution in [1.29, 1.82) is 0 Å². The van der Waals surface area contributed by atoms with Crippen molar-refractivity contribution in [3.05, 3.63) is 51.0 Å². The van der Waals surface area contributed by atoms with Crippen LogP contribution in [0.5, 0.6) is 0 Å². The van der Waals surface area contributed by atoms with Gasteiger partial charge in [-0.15, -0.1) is 0 Å². The Labute approximate surface area is 153 Å². The van der Waals surface area contributed by atoms with Crippen molar-refractivity contribution in [3.8, 4) is 0 Å². The Morgan fingerprint density at radius 1 is 0.957 bits per heavy atom. The second kappa shape index (κ2) is 7.96. The van der Waals surface area contributed by atoms with Crippen LogP contribution in [0.3, 0.4) is 0 Å². The third kappa shape index (κ3) is 5.45. The zero-order valence-corrected chi connectivity index (χ0v) is 16.3. The first kappa shape index (κ1) is 17.2. The molecule has 1 aromatic heterocycles. The molecule has 5 heteroatoms. The van der Waals surface area contributed by atoms with Crippen LogP contribution in [0, 0.1) is 15.6 Å². The average molecular weight is 513 g/mol. The van der Waals surface area contributed by atoms with Crippen molar-refractivity contribution in [2.45, 2.75) is 45.3 Å². The Morgan fingerprint density at radius 3 is 1.83 bits per heavy atom. The fourth-order valence-corrected chi connectivity index (χ4v) is 3.36. The van der Waals surface area contributed by atoms with Crippen LogP contribution in [-0.4, -0.2) is 9.13 Å². The molecule has 2 aliphatic rings. The van der Waals surface area contributed by atoms with Crippen molar-refractivity contribution < 1.29 is 19.4 Å². The van der Waals surface area contributed by atoms with E-state index in [2.05, 4.69) is 40.9 Å². The van der Waals surface area contributed by atoms with Crippen LogP contribution in [0.25, 0.3) is 0 Å². The van der Waals surface area contributed by atoms with E-state index in [4.69, 9.17) is 17.3 Å². The van der Waals surface area contributed by atoms with E-state index in [1.807, 2.05) is 24.3 Å². The summed E-state index contributed by atoms with van der Waals surface area (Å²) in [7, 11) is 0. The Bertz CT molecular complexity index is 647. The number of hydrogen-bond donors (Lipinski definition) is 1. The predicted molar refractivity (Wildman–Crippen MR) is 90.5 cm³/mol. The molecule has 4 rings (SSSR count). The van der Waals surface area contributed by atoms with Gasteiger partial charge in [-0.05, 0) is 17.7 Å².